The summed E-state index contributed by atoms with van der Waals surface area (Å²) in [5.74, 6) is 0.0902. The Morgan fingerprint density at radius 3 is 2.83 bits per heavy atom. The smallest absolute Gasteiger partial charge is 0.358 e. The van der Waals surface area contributed by atoms with Gasteiger partial charge in [-0.25, -0.2) is 9.78 Å². The minimum atomic E-state index is -0.498. The quantitative estimate of drug-likeness (QED) is 0.850. The van der Waals surface area contributed by atoms with Crippen LogP contribution in [0.5, 0.6) is 0 Å². The number of rotatable bonds is 4. The predicted molar refractivity (Wildman–Crippen MR) is 67.5 cm³/mol. The van der Waals surface area contributed by atoms with Gasteiger partial charge in [0, 0.05) is 11.6 Å². The molecular weight excluding hydrogens is 252 g/mol. The summed E-state index contributed by atoms with van der Waals surface area (Å²) in [6, 6.07) is 3.29. The second kappa shape index (κ2) is 5.54. The minimum Gasteiger partial charge on any atom is -0.464 e. The lowest BCUT2D eigenvalue weighted by molar-refractivity contribution is 0.0593. The van der Waals surface area contributed by atoms with Crippen molar-refractivity contribution >= 4 is 23.1 Å². The van der Waals surface area contributed by atoms with E-state index in [-0.39, 0.29) is 11.7 Å². The van der Waals surface area contributed by atoms with Crippen LogP contribution in [0, 0.1) is 0 Å². The van der Waals surface area contributed by atoms with Gasteiger partial charge < -0.3 is 10.1 Å². The third-order valence-electron chi connectivity index (χ3n) is 2.25. The van der Waals surface area contributed by atoms with Crippen LogP contribution < -0.4 is 5.32 Å². The summed E-state index contributed by atoms with van der Waals surface area (Å²) in [6.45, 7) is 1.98. The highest BCUT2D eigenvalue weighted by molar-refractivity contribution is 7.09. The molecule has 7 heteroatoms. The Bertz CT molecular complexity index is 512. The molecule has 0 bridgehead atoms. The molecule has 0 saturated carbocycles. The van der Waals surface area contributed by atoms with E-state index in [1.165, 1.54) is 7.11 Å². The number of nitrogens with one attached hydrogen (secondary N) is 1. The van der Waals surface area contributed by atoms with E-state index in [0.29, 0.717) is 5.82 Å². The number of anilines is 1. The molecule has 2 aromatic heterocycles. The van der Waals surface area contributed by atoms with Gasteiger partial charge in [-0.1, -0.05) is 0 Å². The number of aromatic nitrogens is 3. The lowest BCUT2D eigenvalue weighted by Gasteiger charge is -2.11. The molecule has 1 N–H and O–H groups in total. The zero-order valence-electron chi connectivity index (χ0n) is 9.95. The van der Waals surface area contributed by atoms with Crippen LogP contribution in [0.25, 0.3) is 0 Å². The molecule has 2 heterocycles. The number of hydrogen-bond acceptors (Lipinski definition) is 7. The number of nitrogens with zero attached hydrogens (tertiary/aromatic N) is 3. The number of carbonyl (C=O) groups is 1. The Morgan fingerprint density at radius 2 is 2.28 bits per heavy atom. The first-order valence-corrected chi connectivity index (χ1v) is 6.16. The van der Waals surface area contributed by atoms with Crippen molar-refractivity contribution in [3.8, 4) is 0 Å². The van der Waals surface area contributed by atoms with Crippen LogP contribution in [0.1, 0.15) is 28.5 Å². The van der Waals surface area contributed by atoms with Crippen LogP contribution in [-0.4, -0.2) is 28.3 Å². The fourth-order valence-corrected chi connectivity index (χ4v) is 2.00. The van der Waals surface area contributed by atoms with Crippen LogP contribution >= 0.6 is 11.3 Å². The molecule has 94 valence electrons. The summed E-state index contributed by atoms with van der Waals surface area (Å²) in [5.41, 5.74) is 0.185. The number of esters is 1. The van der Waals surface area contributed by atoms with Crippen molar-refractivity contribution in [1.82, 2.24) is 15.2 Å². The highest BCUT2D eigenvalue weighted by atomic mass is 32.1. The van der Waals surface area contributed by atoms with E-state index >= 15 is 0 Å². The molecule has 0 aliphatic heterocycles. The highest BCUT2D eigenvalue weighted by Crippen LogP contribution is 2.19. The molecule has 2 rings (SSSR count). The third kappa shape index (κ3) is 2.80. The van der Waals surface area contributed by atoms with E-state index in [1.54, 1.807) is 29.7 Å². The Balaban J connectivity index is 2.04. The van der Waals surface area contributed by atoms with Gasteiger partial charge in [0.05, 0.1) is 13.2 Å². The van der Waals surface area contributed by atoms with Gasteiger partial charge in [0.15, 0.2) is 5.69 Å². The average molecular weight is 264 g/mol. The van der Waals surface area contributed by atoms with Gasteiger partial charge in [-0.05, 0) is 19.1 Å². The average Bonchev–Trinajstić information content (AvgIpc) is 2.92. The standard InChI is InChI=1S/C11H12N4O2S/c1-7(10-12-5-6-18-10)13-9-4-3-8(14-15-9)11(16)17-2/h3-7H,1-2H3,(H,13,15). The molecule has 18 heavy (non-hydrogen) atoms. The molecule has 0 aromatic carbocycles. The van der Waals surface area contributed by atoms with Gasteiger partial charge in [0.25, 0.3) is 0 Å². The van der Waals surface area contributed by atoms with Crippen molar-refractivity contribution in [2.75, 3.05) is 12.4 Å². The topological polar surface area (TPSA) is 77.0 Å². The van der Waals surface area contributed by atoms with Crippen LogP contribution in [-0.2, 0) is 4.74 Å². The SMILES string of the molecule is COC(=O)c1ccc(NC(C)c2nccs2)nn1. The maximum atomic E-state index is 11.2. The normalized spacial score (nSPS) is 11.9. The molecule has 0 saturated heterocycles. The lowest BCUT2D eigenvalue weighted by atomic mass is 10.3. The second-order valence-electron chi connectivity index (χ2n) is 3.53. The molecule has 0 fully saturated rings. The maximum Gasteiger partial charge on any atom is 0.358 e. The number of hydrogen-bond donors (Lipinski definition) is 1. The molecule has 0 aliphatic rings. The molecule has 0 spiro atoms. The molecule has 0 amide bonds. The monoisotopic (exact) mass is 264 g/mol. The Kier molecular flexibility index (Phi) is 3.83. The summed E-state index contributed by atoms with van der Waals surface area (Å²) < 4.78 is 4.55. The number of ether oxygens (including phenoxy) is 1. The van der Waals surface area contributed by atoms with Crippen molar-refractivity contribution in [2.45, 2.75) is 13.0 Å². The summed E-state index contributed by atoms with van der Waals surface area (Å²) in [5, 5.41) is 13.7. The van der Waals surface area contributed by atoms with Gasteiger partial charge in [-0.2, -0.15) is 0 Å². The Hall–Kier alpha value is -2.02. The number of carbonyl (C=O) groups excluding carboxylic acids is 1. The van der Waals surface area contributed by atoms with Crippen molar-refractivity contribution in [1.29, 1.82) is 0 Å². The zero-order valence-corrected chi connectivity index (χ0v) is 10.8. The van der Waals surface area contributed by atoms with E-state index in [9.17, 15) is 4.79 Å². The van der Waals surface area contributed by atoms with Gasteiger partial charge in [-0.15, -0.1) is 21.5 Å². The van der Waals surface area contributed by atoms with Gasteiger partial charge in [0.2, 0.25) is 0 Å². The fraction of sp³-hybridized carbons (Fsp3) is 0.273. The van der Waals surface area contributed by atoms with E-state index in [2.05, 4.69) is 25.2 Å². The first-order chi connectivity index (χ1) is 8.70. The molecule has 6 nitrogen and oxygen atoms in total. The van der Waals surface area contributed by atoms with E-state index in [0.717, 1.165) is 5.01 Å². The van der Waals surface area contributed by atoms with Crippen molar-refractivity contribution in [3.63, 3.8) is 0 Å². The molecule has 2 aromatic rings. The van der Waals surface area contributed by atoms with Gasteiger partial charge in [0.1, 0.15) is 10.8 Å². The highest BCUT2D eigenvalue weighted by Gasteiger charge is 2.11. The zero-order chi connectivity index (χ0) is 13.0. The van der Waals surface area contributed by atoms with Crippen LogP contribution in [0.4, 0.5) is 5.82 Å². The summed E-state index contributed by atoms with van der Waals surface area (Å²) in [6.07, 6.45) is 1.75. The van der Waals surface area contributed by atoms with Crippen LogP contribution in [0.2, 0.25) is 0 Å². The van der Waals surface area contributed by atoms with E-state index in [1.807, 2.05) is 12.3 Å². The van der Waals surface area contributed by atoms with Crippen molar-refractivity contribution < 1.29 is 9.53 Å². The molecule has 0 radical (unpaired) electrons. The van der Waals surface area contributed by atoms with E-state index < -0.39 is 5.97 Å². The lowest BCUT2D eigenvalue weighted by Crippen LogP contribution is -2.10. The van der Waals surface area contributed by atoms with Crippen LogP contribution in [0.15, 0.2) is 23.7 Å². The largest absolute Gasteiger partial charge is 0.464 e. The van der Waals surface area contributed by atoms with Gasteiger partial charge in [-0.3, -0.25) is 0 Å². The van der Waals surface area contributed by atoms with Crippen LogP contribution in [0.3, 0.4) is 0 Å². The second-order valence-corrected chi connectivity index (χ2v) is 4.46. The molecule has 1 unspecified atom stereocenters. The van der Waals surface area contributed by atoms with Gasteiger partial charge >= 0.3 is 5.97 Å². The van der Waals surface area contributed by atoms with Crippen molar-refractivity contribution in [2.24, 2.45) is 0 Å². The molecular formula is C11H12N4O2S. The molecule has 0 aliphatic carbocycles. The third-order valence-corrected chi connectivity index (χ3v) is 3.20. The summed E-state index contributed by atoms with van der Waals surface area (Å²) in [7, 11) is 1.31. The minimum absolute atomic E-state index is 0.0447. The van der Waals surface area contributed by atoms with E-state index in [4.69, 9.17) is 0 Å². The molecule has 1 atom stereocenters. The fourth-order valence-electron chi connectivity index (χ4n) is 1.35. The summed E-state index contributed by atoms with van der Waals surface area (Å²) >= 11 is 1.57. The Labute approximate surface area is 108 Å². The Morgan fingerprint density at radius 1 is 1.44 bits per heavy atom. The number of thiazole rings is 1. The van der Waals surface area contributed by atoms with Crippen molar-refractivity contribution in [3.05, 3.63) is 34.4 Å². The first-order valence-electron chi connectivity index (χ1n) is 5.28. The maximum absolute atomic E-state index is 11.2. The first kappa shape index (κ1) is 12.4. The predicted octanol–water partition coefficient (Wildman–Crippen LogP) is 1.89. The summed E-state index contributed by atoms with van der Waals surface area (Å²) in [4.78, 5) is 15.4. The number of methoxy groups -OCH3 is 1.